The van der Waals surface area contributed by atoms with E-state index in [0.29, 0.717) is 26.6 Å². The van der Waals surface area contributed by atoms with Gasteiger partial charge in [-0.05, 0) is 42.5 Å². The standard InChI is InChI=1S/C19H17N3O4S2/c1-25-14-9-4-3-8-13(14)21-17(23)15-16(20)22(19(27)28-15)12-7-5-6-11(10-12)18(24)26-2/h3-10H,20H2,1-2H3,(H,21,23). The van der Waals surface area contributed by atoms with E-state index in [1.165, 1.54) is 14.2 Å². The first-order chi connectivity index (χ1) is 13.5. The average molecular weight is 415 g/mol. The van der Waals surface area contributed by atoms with Crippen LogP contribution in [0.25, 0.3) is 5.69 Å². The second kappa shape index (κ2) is 8.24. The lowest BCUT2D eigenvalue weighted by atomic mass is 10.2. The van der Waals surface area contributed by atoms with Crippen molar-refractivity contribution in [3.8, 4) is 11.4 Å². The number of nitrogens with two attached hydrogens (primary N) is 1. The molecule has 1 aromatic heterocycles. The number of hydrogen-bond donors (Lipinski definition) is 2. The molecular weight excluding hydrogens is 398 g/mol. The molecule has 0 saturated carbocycles. The van der Waals surface area contributed by atoms with Crippen molar-refractivity contribution in [2.75, 3.05) is 25.3 Å². The van der Waals surface area contributed by atoms with E-state index in [2.05, 4.69) is 5.32 Å². The number of nitrogen functional groups attached to an aromatic ring is 1. The van der Waals surface area contributed by atoms with Crippen LogP contribution in [0.15, 0.2) is 48.5 Å². The molecule has 0 aliphatic heterocycles. The van der Waals surface area contributed by atoms with E-state index in [-0.39, 0.29) is 10.7 Å². The van der Waals surface area contributed by atoms with Gasteiger partial charge in [0.15, 0.2) is 3.95 Å². The number of amides is 1. The van der Waals surface area contributed by atoms with Gasteiger partial charge >= 0.3 is 5.97 Å². The molecule has 0 aliphatic carbocycles. The summed E-state index contributed by atoms with van der Waals surface area (Å²) in [5.41, 5.74) is 7.66. The van der Waals surface area contributed by atoms with Crippen LogP contribution in [-0.2, 0) is 4.74 Å². The maximum Gasteiger partial charge on any atom is 0.337 e. The summed E-state index contributed by atoms with van der Waals surface area (Å²) in [6.45, 7) is 0. The number of nitrogens with zero attached hydrogens (tertiary/aromatic N) is 1. The van der Waals surface area contributed by atoms with Crippen molar-refractivity contribution < 1.29 is 19.1 Å². The first-order valence-electron chi connectivity index (χ1n) is 8.10. The number of para-hydroxylation sites is 2. The zero-order chi connectivity index (χ0) is 20.3. The molecule has 2 aromatic carbocycles. The molecule has 3 N–H and O–H groups in total. The quantitative estimate of drug-likeness (QED) is 0.485. The van der Waals surface area contributed by atoms with Crippen LogP contribution in [0.4, 0.5) is 11.5 Å². The minimum Gasteiger partial charge on any atom is -0.495 e. The SMILES string of the molecule is COC(=O)c1cccc(-n2c(N)c(C(=O)Nc3ccccc3OC)sc2=S)c1. The van der Waals surface area contributed by atoms with E-state index < -0.39 is 11.9 Å². The number of benzene rings is 2. The van der Waals surface area contributed by atoms with Gasteiger partial charge in [0.2, 0.25) is 0 Å². The summed E-state index contributed by atoms with van der Waals surface area (Å²) in [5, 5.41) is 2.78. The van der Waals surface area contributed by atoms with Crippen LogP contribution in [0.5, 0.6) is 5.75 Å². The van der Waals surface area contributed by atoms with Gasteiger partial charge in [0.05, 0.1) is 31.2 Å². The third kappa shape index (κ3) is 3.75. The number of hydrogen-bond acceptors (Lipinski definition) is 7. The molecule has 0 saturated heterocycles. The van der Waals surface area contributed by atoms with Gasteiger partial charge in [0, 0.05) is 0 Å². The van der Waals surface area contributed by atoms with Crippen LogP contribution in [0.2, 0.25) is 0 Å². The topological polar surface area (TPSA) is 95.6 Å². The van der Waals surface area contributed by atoms with Crippen LogP contribution in [0.3, 0.4) is 0 Å². The van der Waals surface area contributed by atoms with Crippen molar-refractivity contribution >= 4 is 46.9 Å². The maximum absolute atomic E-state index is 12.8. The molecule has 0 atom stereocenters. The molecule has 0 bridgehead atoms. The smallest absolute Gasteiger partial charge is 0.337 e. The predicted octanol–water partition coefficient (Wildman–Crippen LogP) is 3.90. The van der Waals surface area contributed by atoms with E-state index in [4.69, 9.17) is 27.4 Å². The molecule has 7 nitrogen and oxygen atoms in total. The van der Waals surface area contributed by atoms with Gasteiger partial charge in [-0.3, -0.25) is 9.36 Å². The Hall–Kier alpha value is -3.17. The van der Waals surface area contributed by atoms with Crippen LogP contribution in [-0.4, -0.2) is 30.7 Å². The van der Waals surface area contributed by atoms with Crippen molar-refractivity contribution in [3.05, 3.63) is 62.9 Å². The number of ether oxygens (including phenoxy) is 2. The molecule has 0 unspecified atom stereocenters. The van der Waals surface area contributed by atoms with E-state index >= 15 is 0 Å². The molecule has 0 radical (unpaired) electrons. The molecule has 3 aromatic rings. The molecule has 1 amide bonds. The molecular formula is C19H17N3O4S2. The maximum atomic E-state index is 12.8. The second-order valence-electron chi connectivity index (χ2n) is 5.61. The summed E-state index contributed by atoms with van der Waals surface area (Å²) in [4.78, 5) is 24.8. The highest BCUT2D eigenvalue weighted by Gasteiger charge is 2.20. The highest BCUT2D eigenvalue weighted by atomic mass is 32.1. The Balaban J connectivity index is 1.97. The van der Waals surface area contributed by atoms with Crippen molar-refractivity contribution in [1.29, 1.82) is 0 Å². The largest absolute Gasteiger partial charge is 0.495 e. The van der Waals surface area contributed by atoms with Crippen LogP contribution >= 0.6 is 23.6 Å². The summed E-state index contributed by atoms with van der Waals surface area (Å²) in [7, 11) is 2.83. The third-order valence-corrected chi connectivity index (χ3v) is 5.32. The van der Waals surface area contributed by atoms with Crippen LogP contribution in [0.1, 0.15) is 20.0 Å². The van der Waals surface area contributed by atoms with Gasteiger partial charge in [-0.15, -0.1) is 0 Å². The highest BCUT2D eigenvalue weighted by Crippen LogP contribution is 2.29. The number of methoxy groups -OCH3 is 2. The number of aromatic nitrogens is 1. The van der Waals surface area contributed by atoms with Gasteiger partial charge < -0.3 is 20.5 Å². The zero-order valence-electron chi connectivity index (χ0n) is 15.1. The number of carbonyl (C=O) groups is 2. The molecule has 144 valence electrons. The van der Waals surface area contributed by atoms with Gasteiger partial charge in [0.1, 0.15) is 16.4 Å². The zero-order valence-corrected chi connectivity index (χ0v) is 16.7. The second-order valence-corrected chi connectivity index (χ2v) is 7.26. The fourth-order valence-corrected chi connectivity index (χ4v) is 3.87. The Morgan fingerprint density at radius 1 is 1.14 bits per heavy atom. The first kappa shape index (κ1) is 19.6. The molecule has 0 spiro atoms. The summed E-state index contributed by atoms with van der Waals surface area (Å²) in [6, 6.07) is 13.7. The number of esters is 1. The Morgan fingerprint density at radius 3 is 2.61 bits per heavy atom. The lowest BCUT2D eigenvalue weighted by Gasteiger charge is -2.10. The Kier molecular flexibility index (Phi) is 5.76. The summed E-state index contributed by atoms with van der Waals surface area (Å²) in [6.07, 6.45) is 0. The van der Waals surface area contributed by atoms with Gasteiger partial charge in [0.25, 0.3) is 5.91 Å². The monoisotopic (exact) mass is 415 g/mol. The summed E-state index contributed by atoms with van der Waals surface area (Å²) >= 11 is 6.47. The number of nitrogens with one attached hydrogen (secondary N) is 1. The lowest BCUT2D eigenvalue weighted by Crippen LogP contribution is -2.14. The highest BCUT2D eigenvalue weighted by molar-refractivity contribution is 7.73. The fraction of sp³-hybridized carbons (Fsp3) is 0.105. The number of carbonyl (C=O) groups excluding carboxylic acids is 2. The predicted molar refractivity (Wildman–Crippen MR) is 111 cm³/mol. The van der Waals surface area contributed by atoms with E-state index in [9.17, 15) is 9.59 Å². The lowest BCUT2D eigenvalue weighted by molar-refractivity contribution is 0.0600. The summed E-state index contributed by atoms with van der Waals surface area (Å²) in [5.74, 6) is -0.162. The Labute approximate surface area is 170 Å². The molecule has 28 heavy (non-hydrogen) atoms. The van der Waals surface area contributed by atoms with Crippen LogP contribution in [0, 0.1) is 3.95 Å². The Morgan fingerprint density at radius 2 is 1.89 bits per heavy atom. The van der Waals surface area contributed by atoms with Gasteiger partial charge in [-0.1, -0.05) is 29.5 Å². The van der Waals surface area contributed by atoms with Gasteiger partial charge in [-0.25, -0.2) is 4.79 Å². The molecule has 0 aliphatic rings. The fourth-order valence-electron chi connectivity index (χ4n) is 2.61. The number of thiazole rings is 1. The van der Waals surface area contributed by atoms with Crippen molar-refractivity contribution in [2.45, 2.75) is 0 Å². The number of rotatable bonds is 5. The molecule has 0 fully saturated rings. The molecule has 3 rings (SSSR count). The molecule has 1 heterocycles. The minimum atomic E-state index is -0.476. The van der Waals surface area contributed by atoms with Crippen molar-refractivity contribution in [2.24, 2.45) is 0 Å². The Bertz CT molecular complexity index is 1100. The van der Waals surface area contributed by atoms with E-state index in [1.54, 1.807) is 53.1 Å². The summed E-state index contributed by atoms with van der Waals surface area (Å²) < 4.78 is 11.9. The van der Waals surface area contributed by atoms with Gasteiger partial charge in [-0.2, -0.15) is 0 Å². The van der Waals surface area contributed by atoms with E-state index in [1.807, 2.05) is 0 Å². The normalized spacial score (nSPS) is 10.4. The first-order valence-corrected chi connectivity index (χ1v) is 9.33. The minimum absolute atomic E-state index is 0.185. The average Bonchev–Trinajstić information content (AvgIpc) is 3.02. The third-order valence-electron chi connectivity index (χ3n) is 3.93. The van der Waals surface area contributed by atoms with Crippen LogP contribution < -0.4 is 15.8 Å². The number of anilines is 2. The molecule has 9 heteroatoms. The van der Waals surface area contributed by atoms with E-state index in [0.717, 1.165) is 11.3 Å². The van der Waals surface area contributed by atoms with Crippen molar-refractivity contribution in [3.63, 3.8) is 0 Å². The van der Waals surface area contributed by atoms with Crippen molar-refractivity contribution in [1.82, 2.24) is 4.57 Å².